The van der Waals surface area contributed by atoms with Crippen molar-refractivity contribution in [2.45, 2.75) is 13.8 Å². The maximum atomic E-state index is 11.4. The van der Waals surface area contributed by atoms with Gasteiger partial charge in [0.2, 0.25) is 0 Å². The van der Waals surface area contributed by atoms with Gasteiger partial charge < -0.3 is 19.3 Å². The number of ether oxygens (including phenoxy) is 3. The van der Waals surface area contributed by atoms with Crippen LogP contribution in [0.4, 0.5) is 0 Å². The van der Waals surface area contributed by atoms with E-state index in [4.69, 9.17) is 19.3 Å². The maximum Gasteiger partial charge on any atom is 0.320 e. The van der Waals surface area contributed by atoms with Crippen LogP contribution >= 0.6 is 0 Å². The first-order valence-electron chi connectivity index (χ1n) is 6.36. The van der Waals surface area contributed by atoms with Gasteiger partial charge in [0, 0.05) is 6.54 Å². The van der Waals surface area contributed by atoms with Gasteiger partial charge in [0.25, 0.3) is 0 Å². The molecule has 0 bridgehead atoms. The fourth-order valence-corrected chi connectivity index (χ4v) is 1.35. The molecule has 7 heteroatoms. The Morgan fingerprint density at radius 2 is 1.53 bits per heavy atom. The molecule has 7 nitrogen and oxygen atoms in total. The van der Waals surface area contributed by atoms with Crippen molar-refractivity contribution in [1.29, 1.82) is 0 Å². The molecule has 0 aliphatic carbocycles. The van der Waals surface area contributed by atoms with E-state index in [1.54, 1.807) is 18.7 Å². The molecule has 0 heterocycles. The van der Waals surface area contributed by atoms with Crippen molar-refractivity contribution in [2.24, 2.45) is 0 Å². The molecule has 0 unspecified atom stereocenters. The Kier molecular flexibility index (Phi) is 11.1. The lowest BCUT2D eigenvalue weighted by molar-refractivity contribution is -0.148. The summed E-state index contributed by atoms with van der Waals surface area (Å²) in [5.41, 5.74) is 0. The third-order valence-corrected chi connectivity index (χ3v) is 2.10. The minimum atomic E-state index is -0.394. The van der Waals surface area contributed by atoms with Crippen LogP contribution < -0.4 is 0 Å². The zero-order chi connectivity index (χ0) is 14.5. The van der Waals surface area contributed by atoms with Crippen molar-refractivity contribution in [3.8, 4) is 0 Å². The van der Waals surface area contributed by atoms with Crippen molar-refractivity contribution in [2.75, 3.05) is 52.7 Å². The van der Waals surface area contributed by atoms with Crippen LogP contribution in [0, 0.1) is 0 Å². The van der Waals surface area contributed by atoms with Crippen molar-refractivity contribution < 1.29 is 28.9 Å². The van der Waals surface area contributed by atoms with Crippen LogP contribution in [0.3, 0.4) is 0 Å². The van der Waals surface area contributed by atoms with Crippen LogP contribution in [0.1, 0.15) is 13.8 Å². The number of hydrogen-bond acceptors (Lipinski definition) is 7. The van der Waals surface area contributed by atoms with Crippen molar-refractivity contribution in [3.05, 3.63) is 0 Å². The minimum Gasteiger partial charge on any atom is -0.465 e. The first-order chi connectivity index (χ1) is 9.13. The molecule has 0 saturated heterocycles. The second kappa shape index (κ2) is 11.9. The van der Waals surface area contributed by atoms with Crippen LogP contribution in [0.25, 0.3) is 0 Å². The Balaban J connectivity index is 4.13. The fourth-order valence-electron chi connectivity index (χ4n) is 1.35. The lowest BCUT2D eigenvalue weighted by atomic mass is 10.4. The van der Waals surface area contributed by atoms with E-state index >= 15 is 0 Å². The average Bonchev–Trinajstić information content (AvgIpc) is 2.35. The van der Waals surface area contributed by atoms with Crippen molar-refractivity contribution >= 4 is 11.9 Å². The largest absolute Gasteiger partial charge is 0.465 e. The normalized spacial score (nSPS) is 10.5. The summed E-state index contributed by atoms with van der Waals surface area (Å²) in [7, 11) is 0. The van der Waals surface area contributed by atoms with E-state index in [1.807, 2.05) is 0 Å². The molecule has 0 atom stereocenters. The third-order valence-electron chi connectivity index (χ3n) is 2.10. The van der Waals surface area contributed by atoms with Crippen LogP contribution in [0.15, 0.2) is 0 Å². The van der Waals surface area contributed by atoms with Gasteiger partial charge >= 0.3 is 11.9 Å². The van der Waals surface area contributed by atoms with E-state index in [0.29, 0.717) is 26.4 Å². The molecule has 19 heavy (non-hydrogen) atoms. The Morgan fingerprint density at radius 1 is 1.00 bits per heavy atom. The SMILES string of the molecule is CCOC(=O)CN(CCOCCO)CC(=O)OCC. The number of aliphatic hydroxyl groups excluding tert-OH is 1. The van der Waals surface area contributed by atoms with E-state index < -0.39 is 11.9 Å². The highest BCUT2D eigenvalue weighted by Crippen LogP contribution is 1.93. The predicted octanol–water partition coefficient (Wildman–Crippen LogP) is -0.576. The van der Waals surface area contributed by atoms with Gasteiger partial charge in [-0.05, 0) is 13.8 Å². The standard InChI is InChI=1S/C12H23NO6/c1-3-18-11(15)9-13(5-7-17-8-6-14)10-12(16)19-4-2/h14H,3-10H2,1-2H3. The van der Waals surface area contributed by atoms with Crippen molar-refractivity contribution in [1.82, 2.24) is 4.90 Å². The minimum absolute atomic E-state index is 0.00907. The summed E-state index contributed by atoms with van der Waals surface area (Å²) in [6.45, 7) is 4.93. The molecule has 0 aliphatic rings. The first-order valence-corrected chi connectivity index (χ1v) is 6.36. The molecule has 0 amide bonds. The van der Waals surface area contributed by atoms with Gasteiger partial charge in [-0.2, -0.15) is 0 Å². The van der Waals surface area contributed by atoms with Gasteiger partial charge in [-0.15, -0.1) is 0 Å². The monoisotopic (exact) mass is 277 g/mol. The van der Waals surface area contributed by atoms with Gasteiger partial charge in [-0.1, -0.05) is 0 Å². The van der Waals surface area contributed by atoms with Gasteiger partial charge in [0.05, 0.1) is 46.1 Å². The number of rotatable bonds is 11. The number of carbonyl (C=O) groups excluding carboxylic acids is 2. The Labute approximate surface area is 113 Å². The number of hydrogen-bond donors (Lipinski definition) is 1. The lowest BCUT2D eigenvalue weighted by Crippen LogP contribution is -2.38. The number of carbonyl (C=O) groups is 2. The summed E-state index contributed by atoms with van der Waals surface area (Å²) in [4.78, 5) is 24.4. The van der Waals surface area contributed by atoms with E-state index in [9.17, 15) is 9.59 Å². The predicted molar refractivity (Wildman–Crippen MR) is 67.6 cm³/mol. The van der Waals surface area contributed by atoms with E-state index in [0.717, 1.165) is 0 Å². The Hall–Kier alpha value is -1.18. The highest BCUT2D eigenvalue weighted by atomic mass is 16.5. The summed E-state index contributed by atoms with van der Waals surface area (Å²) in [6, 6.07) is 0. The molecule has 112 valence electrons. The summed E-state index contributed by atoms with van der Waals surface area (Å²) in [5.74, 6) is -0.789. The fraction of sp³-hybridized carbons (Fsp3) is 0.833. The highest BCUT2D eigenvalue weighted by molar-refractivity contribution is 5.75. The third kappa shape index (κ3) is 10.4. The molecule has 0 saturated carbocycles. The molecular weight excluding hydrogens is 254 g/mol. The quantitative estimate of drug-likeness (QED) is 0.399. The molecular formula is C12H23NO6. The molecule has 0 spiro atoms. The number of esters is 2. The molecule has 0 aromatic heterocycles. The first kappa shape index (κ1) is 17.8. The molecule has 0 aromatic carbocycles. The van der Waals surface area contributed by atoms with Gasteiger partial charge in [-0.25, -0.2) is 0 Å². The molecule has 0 aromatic rings. The maximum absolute atomic E-state index is 11.4. The molecule has 0 radical (unpaired) electrons. The Bertz CT molecular complexity index is 239. The van der Waals surface area contributed by atoms with Crippen molar-refractivity contribution in [3.63, 3.8) is 0 Å². The lowest BCUT2D eigenvalue weighted by Gasteiger charge is -2.20. The van der Waals surface area contributed by atoms with E-state index in [1.165, 1.54) is 0 Å². The Morgan fingerprint density at radius 3 is 1.95 bits per heavy atom. The second-order valence-electron chi connectivity index (χ2n) is 3.66. The van der Waals surface area contributed by atoms with Gasteiger partial charge in [0.1, 0.15) is 0 Å². The topological polar surface area (TPSA) is 85.3 Å². The average molecular weight is 277 g/mol. The van der Waals surface area contributed by atoms with Crippen LogP contribution in [-0.2, 0) is 23.8 Å². The number of aliphatic hydroxyl groups is 1. The van der Waals surface area contributed by atoms with Crippen LogP contribution in [0.2, 0.25) is 0 Å². The summed E-state index contributed by atoms with van der Waals surface area (Å²) >= 11 is 0. The summed E-state index contributed by atoms with van der Waals surface area (Å²) < 4.78 is 14.8. The van der Waals surface area contributed by atoms with E-state index in [-0.39, 0.29) is 26.3 Å². The van der Waals surface area contributed by atoms with Crippen LogP contribution in [0.5, 0.6) is 0 Å². The zero-order valence-corrected chi connectivity index (χ0v) is 11.6. The molecule has 1 N–H and O–H groups in total. The molecule has 0 rings (SSSR count). The molecule has 0 aliphatic heterocycles. The smallest absolute Gasteiger partial charge is 0.320 e. The van der Waals surface area contributed by atoms with E-state index in [2.05, 4.69) is 0 Å². The van der Waals surface area contributed by atoms with Crippen LogP contribution in [-0.4, -0.2) is 74.6 Å². The zero-order valence-electron chi connectivity index (χ0n) is 11.6. The summed E-state index contributed by atoms with van der Waals surface area (Å²) in [6.07, 6.45) is 0. The summed E-state index contributed by atoms with van der Waals surface area (Å²) in [5, 5.41) is 8.58. The van der Waals surface area contributed by atoms with Gasteiger partial charge in [-0.3, -0.25) is 14.5 Å². The molecule has 0 fully saturated rings. The highest BCUT2D eigenvalue weighted by Gasteiger charge is 2.15. The second-order valence-corrected chi connectivity index (χ2v) is 3.66. The number of nitrogens with zero attached hydrogens (tertiary/aromatic N) is 1. The van der Waals surface area contributed by atoms with Gasteiger partial charge in [0.15, 0.2) is 0 Å².